The normalized spacial score (nSPS) is 18.4. The van der Waals surface area contributed by atoms with Gasteiger partial charge in [0.05, 0.1) is 17.9 Å². The van der Waals surface area contributed by atoms with Crippen molar-refractivity contribution in [1.29, 1.82) is 0 Å². The van der Waals surface area contributed by atoms with Gasteiger partial charge in [0.15, 0.2) is 5.82 Å². The molecule has 25 heavy (non-hydrogen) atoms. The van der Waals surface area contributed by atoms with Crippen molar-refractivity contribution in [3.05, 3.63) is 30.0 Å². The number of fused-ring (bicyclic) bond motifs is 2. The fraction of sp³-hybridized carbons (Fsp3) is 0.412. The number of aromatic amines is 1. The molecule has 4 rings (SSSR count). The van der Waals surface area contributed by atoms with Crippen LogP contribution in [0.3, 0.4) is 0 Å². The summed E-state index contributed by atoms with van der Waals surface area (Å²) in [7, 11) is 0. The van der Waals surface area contributed by atoms with E-state index in [4.69, 9.17) is 0 Å². The smallest absolute Gasteiger partial charge is 0.250 e. The molecule has 0 saturated carbocycles. The van der Waals surface area contributed by atoms with Gasteiger partial charge in [-0.05, 0) is 38.8 Å². The lowest BCUT2D eigenvalue weighted by Gasteiger charge is -2.43. The lowest BCUT2D eigenvalue weighted by Crippen LogP contribution is -2.60. The van der Waals surface area contributed by atoms with E-state index in [0.29, 0.717) is 5.69 Å². The van der Waals surface area contributed by atoms with Crippen LogP contribution in [0.1, 0.15) is 26.0 Å². The van der Waals surface area contributed by atoms with Crippen molar-refractivity contribution in [2.75, 3.05) is 28.2 Å². The van der Waals surface area contributed by atoms with Crippen molar-refractivity contribution in [2.24, 2.45) is 0 Å². The molecular weight excluding hydrogens is 320 g/mol. The van der Waals surface area contributed by atoms with Crippen LogP contribution in [0.4, 0.5) is 17.2 Å². The van der Waals surface area contributed by atoms with Crippen LogP contribution in [-0.4, -0.2) is 45.9 Å². The third-order valence-corrected chi connectivity index (χ3v) is 4.82. The lowest BCUT2D eigenvalue weighted by atomic mass is 9.96. The molecule has 0 saturated heterocycles. The summed E-state index contributed by atoms with van der Waals surface area (Å²) in [5, 5.41) is 13.8. The first-order valence-corrected chi connectivity index (χ1v) is 8.36. The summed E-state index contributed by atoms with van der Waals surface area (Å²) in [4.78, 5) is 29.2. The number of hydrogen-bond acceptors (Lipinski definition) is 5. The van der Waals surface area contributed by atoms with Gasteiger partial charge in [0.25, 0.3) is 0 Å². The first kappa shape index (κ1) is 15.6. The van der Waals surface area contributed by atoms with E-state index < -0.39 is 5.54 Å². The molecule has 0 bridgehead atoms. The Morgan fingerprint density at radius 3 is 2.92 bits per heavy atom. The van der Waals surface area contributed by atoms with Crippen molar-refractivity contribution >= 4 is 29.0 Å². The van der Waals surface area contributed by atoms with E-state index in [1.807, 2.05) is 23.1 Å². The number of hydrogen-bond donors (Lipinski definition) is 2. The molecule has 1 aromatic carbocycles. The third-order valence-electron chi connectivity index (χ3n) is 4.82. The minimum Gasteiger partial charge on any atom is -0.344 e. The van der Waals surface area contributed by atoms with Gasteiger partial charge in [-0.1, -0.05) is 12.1 Å². The Morgan fingerprint density at radius 2 is 2.08 bits per heavy atom. The topological polar surface area (TPSA) is 94.2 Å². The van der Waals surface area contributed by atoms with E-state index in [1.54, 1.807) is 24.8 Å². The Balaban J connectivity index is 1.67. The molecule has 0 atom stereocenters. The first-order valence-electron chi connectivity index (χ1n) is 8.36. The van der Waals surface area contributed by atoms with Crippen LogP contribution in [0.15, 0.2) is 24.3 Å². The average molecular weight is 340 g/mol. The molecule has 0 spiro atoms. The number of amides is 2. The second-order valence-electron chi connectivity index (χ2n) is 6.88. The van der Waals surface area contributed by atoms with Gasteiger partial charge in [-0.25, -0.2) is 0 Å². The highest BCUT2D eigenvalue weighted by Crippen LogP contribution is 2.37. The quantitative estimate of drug-likeness (QED) is 0.860. The highest BCUT2D eigenvalue weighted by atomic mass is 16.2. The SMILES string of the molecule is CC1(C)C(=O)Nc2ccccc2N1C(=O)CN1CCCc2n[nH]nc21. The van der Waals surface area contributed by atoms with Crippen molar-refractivity contribution in [3.63, 3.8) is 0 Å². The molecule has 0 unspecified atom stereocenters. The Bertz CT molecular complexity index is 843. The predicted molar refractivity (Wildman–Crippen MR) is 93.6 cm³/mol. The van der Waals surface area contributed by atoms with Gasteiger partial charge in [-0.3, -0.25) is 14.5 Å². The number of anilines is 3. The van der Waals surface area contributed by atoms with Crippen LogP contribution in [0.25, 0.3) is 0 Å². The number of nitrogens with zero attached hydrogens (tertiary/aromatic N) is 4. The molecule has 2 N–H and O–H groups in total. The zero-order chi connectivity index (χ0) is 17.6. The number of para-hydroxylation sites is 2. The number of carbonyl (C=O) groups is 2. The number of H-pyrrole nitrogens is 1. The summed E-state index contributed by atoms with van der Waals surface area (Å²) < 4.78 is 0. The number of carbonyl (C=O) groups excluding carboxylic acids is 2. The van der Waals surface area contributed by atoms with Gasteiger partial charge in [0.1, 0.15) is 11.2 Å². The maximum Gasteiger partial charge on any atom is 0.250 e. The first-order chi connectivity index (χ1) is 12.0. The third kappa shape index (κ3) is 2.45. The zero-order valence-corrected chi connectivity index (χ0v) is 14.2. The molecule has 8 heteroatoms. The summed E-state index contributed by atoms with van der Waals surface area (Å²) in [6.45, 7) is 4.42. The average Bonchev–Trinajstić information content (AvgIpc) is 3.05. The van der Waals surface area contributed by atoms with Gasteiger partial charge in [0, 0.05) is 6.54 Å². The Kier molecular flexibility index (Phi) is 3.48. The summed E-state index contributed by atoms with van der Waals surface area (Å²) in [5.41, 5.74) is 1.29. The summed E-state index contributed by atoms with van der Waals surface area (Å²) in [6.07, 6.45) is 1.78. The predicted octanol–water partition coefficient (Wildman–Crippen LogP) is 1.32. The molecule has 0 aliphatic carbocycles. The van der Waals surface area contributed by atoms with Crippen molar-refractivity contribution < 1.29 is 9.59 Å². The zero-order valence-electron chi connectivity index (χ0n) is 14.2. The fourth-order valence-corrected chi connectivity index (χ4v) is 3.50. The highest BCUT2D eigenvalue weighted by Gasteiger charge is 2.44. The minimum absolute atomic E-state index is 0.136. The van der Waals surface area contributed by atoms with Crippen molar-refractivity contribution in [3.8, 4) is 0 Å². The summed E-state index contributed by atoms with van der Waals surface area (Å²) >= 11 is 0. The number of nitrogens with one attached hydrogen (secondary N) is 2. The molecule has 3 heterocycles. The monoisotopic (exact) mass is 340 g/mol. The standard InChI is InChI=1S/C17H20N6O2/c1-17(2)16(25)18-11-6-3-4-8-13(11)23(17)14(24)10-22-9-5-7-12-15(22)20-21-19-12/h3-4,6,8H,5,7,9-10H2,1-2H3,(H,18,25)(H,19,20,21). The van der Waals surface area contributed by atoms with E-state index in [9.17, 15) is 9.59 Å². The molecule has 2 amide bonds. The molecule has 8 nitrogen and oxygen atoms in total. The lowest BCUT2D eigenvalue weighted by molar-refractivity contribution is -0.125. The van der Waals surface area contributed by atoms with E-state index in [-0.39, 0.29) is 18.4 Å². The molecule has 2 aromatic rings. The largest absolute Gasteiger partial charge is 0.344 e. The molecule has 0 fully saturated rings. The maximum absolute atomic E-state index is 13.2. The van der Waals surface area contributed by atoms with Crippen LogP contribution in [-0.2, 0) is 16.0 Å². The van der Waals surface area contributed by atoms with Gasteiger partial charge in [0.2, 0.25) is 11.8 Å². The van der Waals surface area contributed by atoms with Gasteiger partial charge in [-0.15, -0.1) is 5.10 Å². The fourth-order valence-electron chi connectivity index (χ4n) is 3.50. The molecule has 1 aromatic heterocycles. The van der Waals surface area contributed by atoms with Gasteiger partial charge >= 0.3 is 0 Å². The minimum atomic E-state index is -0.964. The number of benzene rings is 1. The molecule has 130 valence electrons. The van der Waals surface area contributed by atoms with E-state index >= 15 is 0 Å². The van der Waals surface area contributed by atoms with Crippen LogP contribution in [0.2, 0.25) is 0 Å². The Hall–Kier alpha value is -2.90. The van der Waals surface area contributed by atoms with Gasteiger partial charge in [-0.2, -0.15) is 10.3 Å². The second kappa shape index (κ2) is 5.58. The van der Waals surface area contributed by atoms with E-state index in [2.05, 4.69) is 20.7 Å². The van der Waals surface area contributed by atoms with Crippen molar-refractivity contribution in [2.45, 2.75) is 32.2 Å². The molecular formula is C17H20N6O2. The van der Waals surface area contributed by atoms with Gasteiger partial charge < -0.3 is 10.2 Å². The summed E-state index contributed by atoms with van der Waals surface area (Å²) in [5.74, 6) is 0.399. The van der Waals surface area contributed by atoms with Crippen molar-refractivity contribution in [1.82, 2.24) is 15.4 Å². The Labute approximate surface area is 145 Å². The van der Waals surface area contributed by atoms with Crippen LogP contribution in [0.5, 0.6) is 0 Å². The number of rotatable bonds is 2. The van der Waals surface area contributed by atoms with Crippen LogP contribution in [0, 0.1) is 0 Å². The number of aryl methyl sites for hydroxylation is 1. The van der Waals surface area contributed by atoms with Crippen LogP contribution >= 0.6 is 0 Å². The maximum atomic E-state index is 13.2. The molecule has 0 radical (unpaired) electrons. The number of aromatic nitrogens is 3. The highest BCUT2D eigenvalue weighted by molar-refractivity contribution is 6.14. The molecule has 2 aliphatic rings. The van der Waals surface area contributed by atoms with Crippen LogP contribution < -0.4 is 15.1 Å². The summed E-state index contributed by atoms with van der Waals surface area (Å²) in [6, 6.07) is 7.36. The van der Waals surface area contributed by atoms with E-state index in [0.717, 1.165) is 36.6 Å². The molecule has 2 aliphatic heterocycles. The van der Waals surface area contributed by atoms with E-state index in [1.165, 1.54) is 0 Å². The Morgan fingerprint density at radius 1 is 1.28 bits per heavy atom. The second-order valence-corrected chi connectivity index (χ2v) is 6.88.